The van der Waals surface area contributed by atoms with Crippen molar-refractivity contribution in [1.29, 1.82) is 0 Å². The lowest BCUT2D eigenvalue weighted by Gasteiger charge is -2.36. The minimum atomic E-state index is -1.22. The van der Waals surface area contributed by atoms with E-state index in [1.165, 1.54) is 19.9 Å². The van der Waals surface area contributed by atoms with Crippen LogP contribution in [0.3, 0.4) is 0 Å². The summed E-state index contributed by atoms with van der Waals surface area (Å²) in [6.07, 6.45) is 0. The first-order chi connectivity index (χ1) is 8.73. The van der Waals surface area contributed by atoms with Crippen LogP contribution in [0.5, 0.6) is 0 Å². The molecule has 0 fully saturated rings. The molecule has 0 saturated heterocycles. The van der Waals surface area contributed by atoms with E-state index in [0.29, 0.717) is 17.8 Å². The van der Waals surface area contributed by atoms with E-state index in [-0.39, 0.29) is 5.69 Å². The van der Waals surface area contributed by atoms with Gasteiger partial charge in [-0.1, -0.05) is 12.1 Å². The quantitative estimate of drug-likeness (QED) is 0.654. The van der Waals surface area contributed by atoms with Gasteiger partial charge >= 0.3 is 5.97 Å². The Morgan fingerprint density at radius 1 is 1.47 bits per heavy atom. The van der Waals surface area contributed by atoms with Gasteiger partial charge in [-0.15, -0.1) is 0 Å². The first kappa shape index (κ1) is 14.9. The molecule has 1 aromatic rings. The van der Waals surface area contributed by atoms with Crippen LogP contribution in [0.15, 0.2) is 18.2 Å². The number of benzene rings is 1. The minimum absolute atomic E-state index is 0.0730. The highest BCUT2D eigenvalue weighted by Gasteiger charge is 2.37. The number of carbonyl (C=O) groups is 1. The Morgan fingerprint density at radius 2 is 2.05 bits per heavy atom. The zero-order valence-corrected chi connectivity index (χ0v) is 11.5. The van der Waals surface area contributed by atoms with Gasteiger partial charge in [0.2, 0.25) is 0 Å². The molecule has 1 N–H and O–H groups in total. The van der Waals surface area contributed by atoms with Gasteiger partial charge in [0, 0.05) is 12.6 Å². The van der Waals surface area contributed by atoms with Gasteiger partial charge in [0.05, 0.1) is 4.92 Å². The van der Waals surface area contributed by atoms with Crippen molar-refractivity contribution >= 4 is 17.3 Å². The van der Waals surface area contributed by atoms with Crippen LogP contribution in [0.4, 0.5) is 11.4 Å². The summed E-state index contributed by atoms with van der Waals surface area (Å²) in [5, 5.41) is 20.4. The lowest BCUT2D eigenvalue weighted by atomic mass is 9.99. The number of carboxylic acids is 1. The summed E-state index contributed by atoms with van der Waals surface area (Å²) in [6, 6.07) is 4.73. The van der Waals surface area contributed by atoms with Gasteiger partial charge in [-0.25, -0.2) is 4.79 Å². The molecule has 0 atom stereocenters. The Hall–Kier alpha value is -2.11. The maximum Gasteiger partial charge on any atom is 0.328 e. The Balaban J connectivity index is 3.50. The third-order valence-electron chi connectivity index (χ3n) is 3.20. The van der Waals surface area contributed by atoms with Crippen LogP contribution in [0.1, 0.15) is 26.3 Å². The molecular formula is C13H18N2O4. The summed E-state index contributed by atoms with van der Waals surface area (Å²) in [5.41, 5.74) is -0.241. The van der Waals surface area contributed by atoms with Crippen molar-refractivity contribution in [2.45, 2.75) is 33.2 Å². The van der Waals surface area contributed by atoms with Gasteiger partial charge in [0.25, 0.3) is 5.69 Å². The van der Waals surface area contributed by atoms with E-state index in [2.05, 4.69) is 0 Å². The topological polar surface area (TPSA) is 83.7 Å². The zero-order chi connectivity index (χ0) is 14.8. The third kappa shape index (κ3) is 2.67. The summed E-state index contributed by atoms with van der Waals surface area (Å²) in [5.74, 6) is -1.02. The van der Waals surface area contributed by atoms with Crippen LogP contribution in [-0.2, 0) is 4.79 Å². The summed E-state index contributed by atoms with van der Waals surface area (Å²) in [4.78, 5) is 23.6. The highest BCUT2D eigenvalue weighted by molar-refractivity contribution is 5.85. The predicted octanol–water partition coefficient (Wildman–Crippen LogP) is 2.59. The number of aryl methyl sites for hydroxylation is 1. The first-order valence-electron chi connectivity index (χ1n) is 5.98. The fourth-order valence-electron chi connectivity index (χ4n) is 2.09. The second kappa shape index (κ2) is 5.26. The maximum absolute atomic E-state index is 11.4. The van der Waals surface area contributed by atoms with Gasteiger partial charge in [0.1, 0.15) is 11.2 Å². The van der Waals surface area contributed by atoms with E-state index in [0.717, 1.165) is 0 Å². The molecule has 6 heteroatoms. The summed E-state index contributed by atoms with van der Waals surface area (Å²) in [7, 11) is 0. The Morgan fingerprint density at radius 3 is 2.47 bits per heavy atom. The van der Waals surface area contributed by atoms with Crippen LogP contribution in [-0.4, -0.2) is 28.1 Å². The van der Waals surface area contributed by atoms with Gasteiger partial charge in [-0.3, -0.25) is 10.1 Å². The number of likely N-dealkylation sites (N-methyl/N-ethyl adjacent to an activating group) is 1. The number of rotatable bonds is 5. The maximum atomic E-state index is 11.4. The summed E-state index contributed by atoms with van der Waals surface area (Å²) < 4.78 is 0. The molecule has 0 radical (unpaired) electrons. The number of nitro groups is 1. The van der Waals surface area contributed by atoms with Gasteiger partial charge < -0.3 is 10.0 Å². The third-order valence-corrected chi connectivity index (χ3v) is 3.20. The standard InChI is InChI=1S/C13H18N2O4/c1-5-14(13(3,4)12(16)17)11-9(2)7-6-8-10(11)15(18)19/h6-8H,5H2,1-4H3,(H,16,17). The number of nitro benzene ring substituents is 1. The highest BCUT2D eigenvalue weighted by Crippen LogP contribution is 2.35. The molecular weight excluding hydrogens is 248 g/mol. The fourth-order valence-corrected chi connectivity index (χ4v) is 2.09. The molecule has 0 amide bonds. The van der Waals surface area contributed by atoms with Crippen LogP contribution in [0, 0.1) is 17.0 Å². The summed E-state index contributed by atoms with van der Waals surface area (Å²) >= 11 is 0. The molecule has 0 spiro atoms. The molecule has 0 aromatic heterocycles. The van der Waals surface area contributed by atoms with Gasteiger partial charge in [-0.05, 0) is 33.3 Å². The molecule has 0 saturated carbocycles. The molecule has 0 heterocycles. The molecule has 0 unspecified atom stereocenters. The molecule has 0 bridgehead atoms. The van der Waals surface area contributed by atoms with Crippen molar-refractivity contribution in [3.63, 3.8) is 0 Å². The normalized spacial score (nSPS) is 11.2. The highest BCUT2D eigenvalue weighted by atomic mass is 16.6. The van der Waals surface area contributed by atoms with Gasteiger partial charge in [0.15, 0.2) is 0 Å². The predicted molar refractivity (Wildman–Crippen MR) is 72.6 cm³/mol. The van der Waals surface area contributed by atoms with Crippen LogP contribution in [0.2, 0.25) is 0 Å². The summed E-state index contributed by atoms with van der Waals surface area (Å²) in [6.45, 7) is 6.96. The minimum Gasteiger partial charge on any atom is -0.480 e. The van der Waals surface area contributed by atoms with E-state index < -0.39 is 16.4 Å². The Bertz CT molecular complexity index is 511. The average molecular weight is 266 g/mol. The van der Waals surface area contributed by atoms with Crippen molar-refractivity contribution in [3.8, 4) is 0 Å². The largest absolute Gasteiger partial charge is 0.480 e. The molecule has 1 rings (SSSR count). The number of aliphatic carboxylic acids is 1. The number of anilines is 1. The average Bonchev–Trinajstić information content (AvgIpc) is 2.31. The molecule has 0 aliphatic heterocycles. The Kier molecular flexibility index (Phi) is 4.14. The number of para-hydroxylation sites is 1. The second-order valence-corrected chi connectivity index (χ2v) is 4.81. The van der Waals surface area contributed by atoms with Crippen molar-refractivity contribution in [1.82, 2.24) is 0 Å². The van der Waals surface area contributed by atoms with Crippen LogP contribution in [0.25, 0.3) is 0 Å². The lowest BCUT2D eigenvalue weighted by molar-refractivity contribution is -0.384. The van der Waals surface area contributed by atoms with Crippen LogP contribution < -0.4 is 4.90 Å². The smallest absolute Gasteiger partial charge is 0.328 e. The molecule has 19 heavy (non-hydrogen) atoms. The van der Waals surface area contributed by atoms with E-state index in [9.17, 15) is 20.0 Å². The number of carboxylic acid groups (broad SMARTS) is 1. The van der Waals surface area contributed by atoms with Crippen molar-refractivity contribution in [2.24, 2.45) is 0 Å². The van der Waals surface area contributed by atoms with E-state index >= 15 is 0 Å². The number of nitrogens with zero attached hydrogens (tertiary/aromatic N) is 2. The second-order valence-electron chi connectivity index (χ2n) is 4.81. The van der Waals surface area contributed by atoms with Crippen molar-refractivity contribution in [2.75, 3.05) is 11.4 Å². The van der Waals surface area contributed by atoms with E-state index in [1.54, 1.807) is 30.9 Å². The van der Waals surface area contributed by atoms with Crippen LogP contribution >= 0.6 is 0 Å². The van der Waals surface area contributed by atoms with Gasteiger partial charge in [-0.2, -0.15) is 0 Å². The molecule has 1 aromatic carbocycles. The van der Waals surface area contributed by atoms with E-state index in [1.807, 2.05) is 0 Å². The van der Waals surface area contributed by atoms with Crippen molar-refractivity contribution in [3.05, 3.63) is 33.9 Å². The lowest BCUT2D eigenvalue weighted by Crippen LogP contribution is -2.50. The molecule has 6 nitrogen and oxygen atoms in total. The number of hydrogen-bond donors (Lipinski definition) is 1. The molecule has 0 aliphatic carbocycles. The first-order valence-corrected chi connectivity index (χ1v) is 5.98. The fraction of sp³-hybridized carbons (Fsp3) is 0.462. The van der Waals surface area contributed by atoms with Crippen molar-refractivity contribution < 1.29 is 14.8 Å². The zero-order valence-electron chi connectivity index (χ0n) is 11.5. The molecule has 104 valence electrons. The monoisotopic (exact) mass is 266 g/mol. The Labute approximate surface area is 111 Å². The van der Waals surface area contributed by atoms with E-state index in [4.69, 9.17) is 0 Å². The molecule has 0 aliphatic rings. The SMILES string of the molecule is CCN(c1c(C)cccc1[N+](=O)[O-])C(C)(C)C(=O)O. The number of hydrogen-bond acceptors (Lipinski definition) is 4.